The minimum Gasteiger partial charge on any atom is -0.497 e. The minimum absolute atomic E-state index is 0.0536. The van der Waals surface area contributed by atoms with Crippen LogP contribution in [0.2, 0.25) is 10.0 Å². The first-order valence-corrected chi connectivity index (χ1v) is 10.5. The number of rotatable bonds is 4. The number of nitrogens with one attached hydrogen (secondary N) is 1. The summed E-state index contributed by atoms with van der Waals surface area (Å²) in [5.41, 5.74) is 0.828. The van der Waals surface area contributed by atoms with Crippen LogP contribution in [0.3, 0.4) is 0 Å². The molecule has 0 saturated carbocycles. The molecule has 1 aliphatic heterocycles. The highest BCUT2D eigenvalue weighted by Crippen LogP contribution is 2.34. The van der Waals surface area contributed by atoms with E-state index in [0.717, 1.165) is 10.8 Å². The number of nitrogens with zero attached hydrogens (tertiary/aromatic N) is 1. The summed E-state index contributed by atoms with van der Waals surface area (Å²) >= 11 is 17.3. The highest BCUT2D eigenvalue weighted by molar-refractivity contribution is 7.80. The van der Waals surface area contributed by atoms with Gasteiger partial charge in [-0.1, -0.05) is 35.3 Å². The summed E-state index contributed by atoms with van der Waals surface area (Å²) in [6.45, 7) is 0. The zero-order chi connectivity index (χ0) is 23.0. The van der Waals surface area contributed by atoms with Crippen LogP contribution in [0.15, 0.2) is 54.1 Å². The normalized spacial score (nSPS) is 15.3. The molecular formula is C23H16Cl2N2O4S. The van der Waals surface area contributed by atoms with Gasteiger partial charge in [0.05, 0.1) is 30.0 Å². The standard InChI is InChI=1S/C23H16Cl2N2O4S/c1-30-14-6-3-12-4-8-20(31-2)16(15(12)10-14)11-17-21(28)26-23(32)27(22(17)29)13-5-7-18(24)19(25)9-13/h3-11H,1-2H3,(H,26,28,32)/b17-11+. The number of methoxy groups -OCH3 is 2. The van der Waals surface area contributed by atoms with Gasteiger partial charge in [0.15, 0.2) is 5.11 Å². The number of hydrogen-bond donors (Lipinski definition) is 1. The Kier molecular flexibility index (Phi) is 6.06. The second-order valence-electron chi connectivity index (χ2n) is 6.82. The van der Waals surface area contributed by atoms with E-state index in [1.807, 2.05) is 24.3 Å². The lowest BCUT2D eigenvalue weighted by atomic mass is 9.99. The smallest absolute Gasteiger partial charge is 0.270 e. The van der Waals surface area contributed by atoms with Crippen molar-refractivity contribution in [2.24, 2.45) is 0 Å². The largest absolute Gasteiger partial charge is 0.497 e. The zero-order valence-corrected chi connectivity index (χ0v) is 19.3. The molecule has 1 N–H and O–H groups in total. The third-order valence-electron chi connectivity index (χ3n) is 5.00. The summed E-state index contributed by atoms with van der Waals surface area (Å²) in [5.74, 6) is -0.0890. The van der Waals surface area contributed by atoms with Gasteiger partial charge in [0.25, 0.3) is 11.8 Å². The Balaban J connectivity index is 1.88. The third kappa shape index (κ3) is 3.90. The molecule has 1 saturated heterocycles. The summed E-state index contributed by atoms with van der Waals surface area (Å²) in [5, 5.41) is 4.74. The number of fused-ring (bicyclic) bond motifs is 1. The third-order valence-corrected chi connectivity index (χ3v) is 6.03. The Morgan fingerprint density at radius 3 is 2.41 bits per heavy atom. The van der Waals surface area contributed by atoms with Gasteiger partial charge in [-0.2, -0.15) is 0 Å². The zero-order valence-electron chi connectivity index (χ0n) is 16.9. The molecule has 0 atom stereocenters. The molecule has 0 bridgehead atoms. The molecule has 1 heterocycles. The summed E-state index contributed by atoms with van der Waals surface area (Å²) in [7, 11) is 3.08. The van der Waals surface area contributed by atoms with Crippen molar-refractivity contribution in [3.8, 4) is 11.5 Å². The highest BCUT2D eigenvalue weighted by Gasteiger charge is 2.35. The van der Waals surface area contributed by atoms with Crippen molar-refractivity contribution in [1.82, 2.24) is 5.32 Å². The van der Waals surface area contributed by atoms with Gasteiger partial charge in [0, 0.05) is 5.56 Å². The van der Waals surface area contributed by atoms with Gasteiger partial charge in [-0.25, -0.2) is 0 Å². The van der Waals surface area contributed by atoms with E-state index in [4.69, 9.17) is 44.9 Å². The molecular weight excluding hydrogens is 471 g/mol. The van der Waals surface area contributed by atoms with Crippen molar-refractivity contribution in [3.05, 3.63) is 69.7 Å². The number of hydrogen-bond acceptors (Lipinski definition) is 5. The topological polar surface area (TPSA) is 67.9 Å². The number of thiocarbonyl (C=S) groups is 1. The fraction of sp³-hybridized carbons (Fsp3) is 0.0870. The van der Waals surface area contributed by atoms with Gasteiger partial charge in [0.2, 0.25) is 0 Å². The predicted octanol–water partition coefficient (Wildman–Crippen LogP) is 5.00. The van der Waals surface area contributed by atoms with Crippen molar-refractivity contribution in [1.29, 1.82) is 0 Å². The number of anilines is 1. The van der Waals surface area contributed by atoms with Crippen molar-refractivity contribution >= 4 is 74.9 Å². The lowest BCUT2D eigenvalue weighted by molar-refractivity contribution is -0.122. The lowest BCUT2D eigenvalue weighted by Crippen LogP contribution is -2.54. The average molecular weight is 487 g/mol. The van der Waals surface area contributed by atoms with Gasteiger partial charge in [-0.05, 0) is 65.5 Å². The van der Waals surface area contributed by atoms with Crippen molar-refractivity contribution < 1.29 is 19.1 Å². The summed E-state index contributed by atoms with van der Waals surface area (Å²) < 4.78 is 10.8. The van der Waals surface area contributed by atoms with Crippen LogP contribution < -0.4 is 19.7 Å². The first-order chi connectivity index (χ1) is 15.3. The molecule has 6 nitrogen and oxygen atoms in total. The predicted molar refractivity (Wildman–Crippen MR) is 130 cm³/mol. The van der Waals surface area contributed by atoms with E-state index in [1.165, 1.54) is 24.2 Å². The maximum Gasteiger partial charge on any atom is 0.270 e. The SMILES string of the molecule is COc1ccc2ccc(OC)c(/C=C3\C(=O)NC(=S)N(c4ccc(Cl)c(Cl)c4)C3=O)c2c1. The molecule has 32 heavy (non-hydrogen) atoms. The van der Waals surface area contributed by atoms with E-state index in [-0.39, 0.29) is 15.7 Å². The van der Waals surface area contributed by atoms with E-state index in [9.17, 15) is 9.59 Å². The van der Waals surface area contributed by atoms with Crippen LogP contribution in [-0.2, 0) is 9.59 Å². The van der Waals surface area contributed by atoms with Gasteiger partial charge >= 0.3 is 0 Å². The van der Waals surface area contributed by atoms with Crippen LogP contribution in [-0.4, -0.2) is 31.1 Å². The summed E-state index contributed by atoms with van der Waals surface area (Å²) in [6, 6.07) is 13.8. The van der Waals surface area contributed by atoms with E-state index in [1.54, 1.807) is 25.3 Å². The maximum absolute atomic E-state index is 13.4. The first kappa shape index (κ1) is 22.1. The van der Waals surface area contributed by atoms with E-state index < -0.39 is 11.8 Å². The molecule has 3 aromatic carbocycles. The molecule has 0 unspecified atom stereocenters. The Morgan fingerprint density at radius 2 is 1.72 bits per heavy atom. The van der Waals surface area contributed by atoms with Crippen LogP contribution in [0.25, 0.3) is 16.8 Å². The monoisotopic (exact) mass is 486 g/mol. The number of ether oxygens (including phenoxy) is 2. The number of carbonyl (C=O) groups is 2. The average Bonchev–Trinajstić information content (AvgIpc) is 2.78. The fourth-order valence-corrected chi connectivity index (χ4v) is 3.99. The highest BCUT2D eigenvalue weighted by atomic mass is 35.5. The fourth-order valence-electron chi connectivity index (χ4n) is 3.42. The Hall–Kier alpha value is -3.13. The Morgan fingerprint density at radius 1 is 0.969 bits per heavy atom. The minimum atomic E-state index is -0.613. The number of halogens is 2. The molecule has 162 valence electrons. The van der Waals surface area contributed by atoms with Crippen molar-refractivity contribution in [2.75, 3.05) is 19.1 Å². The molecule has 0 aliphatic carbocycles. The maximum atomic E-state index is 13.4. The van der Waals surface area contributed by atoms with Crippen LogP contribution in [0.1, 0.15) is 5.56 Å². The van der Waals surface area contributed by atoms with Gasteiger partial charge in [-0.3, -0.25) is 19.8 Å². The van der Waals surface area contributed by atoms with Crippen LogP contribution in [0.4, 0.5) is 5.69 Å². The van der Waals surface area contributed by atoms with Crippen molar-refractivity contribution in [2.45, 2.75) is 0 Å². The number of benzene rings is 3. The first-order valence-electron chi connectivity index (χ1n) is 9.35. The second kappa shape index (κ2) is 8.78. The van der Waals surface area contributed by atoms with Gasteiger partial charge in [0.1, 0.15) is 17.1 Å². The van der Waals surface area contributed by atoms with Crippen molar-refractivity contribution in [3.63, 3.8) is 0 Å². The van der Waals surface area contributed by atoms with Crippen LogP contribution >= 0.6 is 35.4 Å². The van der Waals surface area contributed by atoms with E-state index >= 15 is 0 Å². The second-order valence-corrected chi connectivity index (χ2v) is 8.03. The molecule has 1 fully saturated rings. The molecule has 0 radical (unpaired) electrons. The quantitative estimate of drug-likeness (QED) is 0.319. The molecule has 4 rings (SSSR count). The lowest BCUT2D eigenvalue weighted by Gasteiger charge is -2.29. The molecule has 1 aliphatic rings. The molecule has 3 aromatic rings. The molecule has 9 heteroatoms. The molecule has 0 spiro atoms. The van der Waals surface area contributed by atoms with E-state index in [2.05, 4.69) is 5.32 Å². The van der Waals surface area contributed by atoms with Crippen LogP contribution in [0.5, 0.6) is 11.5 Å². The van der Waals surface area contributed by atoms with Crippen LogP contribution in [0, 0.1) is 0 Å². The summed E-state index contributed by atoms with van der Waals surface area (Å²) in [6.07, 6.45) is 1.49. The Bertz CT molecular complexity index is 1320. The summed E-state index contributed by atoms with van der Waals surface area (Å²) in [4.78, 5) is 27.3. The number of carbonyl (C=O) groups excluding carboxylic acids is 2. The number of amides is 2. The molecule has 0 aromatic heterocycles. The van der Waals surface area contributed by atoms with E-state index in [0.29, 0.717) is 27.8 Å². The van der Waals surface area contributed by atoms with Gasteiger partial charge < -0.3 is 9.47 Å². The van der Waals surface area contributed by atoms with Gasteiger partial charge in [-0.15, -0.1) is 0 Å². The Labute approximate surface area is 199 Å². The molecule has 2 amide bonds.